The van der Waals surface area contributed by atoms with Crippen LogP contribution in [0.2, 0.25) is 0 Å². The molecule has 0 aromatic rings. The van der Waals surface area contributed by atoms with Crippen molar-refractivity contribution in [1.29, 1.82) is 0 Å². The molecule has 0 bridgehead atoms. The van der Waals surface area contributed by atoms with Gasteiger partial charge in [-0.05, 0) is 6.42 Å². The average molecular weight is 207 g/mol. The number of carboxylic acid groups (broad SMARTS) is 1. The fourth-order valence-electron chi connectivity index (χ4n) is 0.359. The molecule has 0 saturated carbocycles. The summed E-state index contributed by atoms with van der Waals surface area (Å²) in [4.78, 5) is 9.59. The Morgan fingerprint density at radius 3 is 1.93 bits per heavy atom. The minimum atomic E-state index is -1.48. The SMILES string of the molecule is COCCCOC(=O)[O-].C[N+](C)(C)C. The maximum atomic E-state index is 9.59. The minimum Gasteiger partial charge on any atom is -0.550 e. The zero-order valence-electron chi connectivity index (χ0n) is 9.70. The van der Waals surface area contributed by atoms with Gasteiger partial charge in [0.15, 0.2) is 0 Å². The normalized spacial score (nSPS) is 10.1. The fourth-order valence-corrected chi connectivity index (χ4v) is 0.359. The zero-order valence-corrected chi connectivity index (χ0v) is 9.70. The first-order valence-corrected chi connectivity index (χ1v) is 4.39. The summed E-state index contributed by atoms with van der Waals surface area (Å²) in [6, 6.07) is 0. The van der Waals surface area contributed by atoms with Gasteiger partial charge in [0.2, 0.25) is 0 Å². The van der Waals surface area contributed by atoms with Crippen molar-refractivity contribution in [2.45, 2.75) is 6.42 Å². The van der Waals surface area contributed by atoms with Gasteiger partial charge in [-0.2, -0.15) is 0 Å². The molecule has 0 amide bonds. The van der Waals surface area contributed by atoms with Crippen LogP contribution in [0.1, 0.15) is 6.42 Å². The van der Waals surface area contributed by atoms with Gasteiger partial charge >= 0.3 is 0 Å². The van der Waals surface area contributed by atoms with Crippen molar-refractivity contribution in [2.24, 2.45) is 0 Å². The predicted molar refractivity (Wildman–Crippen MR) is 51.8 cm³/mol. The molecular weight excluding hydrogens is 186 g/mol. The van der Waals surface area contributed by atoms with E-state index in [9.17, 15) is 9.90 Å². The van der Waals surface area contributed by atoms with E-state index >= 15 is 0 Å². The van der Waals surface area contributed by atoms with E-state index in [0.717, 1.165) is 4.48 Å². The molecule has 14 heavy (non-hydrogen) atoms. The van der Waals surface area contributed by atoms with Crippen molar-refractivity contribution < 1.29 is 23.9 Å². The van der Waals surface area contributed by atoms with Crippen molar-refractivity contribution >= 4 is 6.16 Å². The predicted octanol–water partition coefficient (Wildman–Crippen LogP) is -0.295. The number of methoxy groups -OCH3 is 1. The second kappa shape index (κ2) is 8.77. The lowest BCUT2D eigenvalue weighted by atomic mass is 10.5. The number of carbonyl (C=O) groups is 1. The van der Waals surface area contributed by atoms with Gasteiger partial charge in [0.25, 0.3) is 6.16 Å². The monoisotopic (exact) mass is 207 g/mol. The van der Waals surface area contributed by atoms with E-state index in [1.54, 1.807) is 7.11 Å². The Hall–Kier alpha value is -0.810. The molecule has 5 heteroatoms. The van der Waals surface area contributed by atoms with E-state index < -0.39 is 6.16 Å². The zero-order chi connectivity index (χ0) is 11.6. The number of rotatable bonds is 4. The van der Waals surface area contributed by atoms with Crippen LogP contribution in [0, 0.1) is 0 Å². The highest BCUT2D eigenvalue weighted by molar-refractivity contribution is 5.53. The van der Waals surface area contributed by atoms with Crippen molar-refractivity contribution in [2.75, 3.05) is 48.5 Å². The first-order valence-electron chi connectivity index (χ1n) is 4.39. The third-order valence-electron chi connectivity index (χ3n) is 0.713. The van der Waals surface area contributed by atoms with Gasteiger partial charge in [0.1, 0.15) is 0 Å². The van der Waals surface area contributed by atoms with Gasteiger partial charge in [-0.15, -0.1) is 0 Å². The van der Waals surface area contributed by atoms with E-state index in [4.69, 9.17) is 0 Å². The third-order valence-corrected chi connectivity index (χ3v) is 0.713. The lowest BCUT2D eigenvalue weighted by Gasteiger charge is -2.14. The average Bonchev–Trinajstić information content (AvgIpc) is 1.94. The Morgan fingerprint density at radius 1 is 1.21 bits per heavy atom. The molecule has 0 radical (unpaired) electrons. The Balaban J connectivity index is 0. The molecule has 0 saturated heterocycles. The van der Waals surface area contributed by atoms with Crippen LogP contribution in [-0.2, 0) is 9.47 Å². The van der Waals surface area contributed by atoms with Crippen LogP contribution in [0.5, 0.6) is 0 Å². The van der Waals surface area contributed by atoms with Crippen LogP contribution in [-0.4, -0.2) is 59.2 Å². The second-order valence-electron chi connectivity index (χ2n) is 4.13. The largest absolute Gasteiger partial charge is 0.550 e. The van der Waals surface area contributed by atoms with Crippen molar-refractivity contribution in [1.82, 2.24) is 0 Å². The fraction of sp³-hybridized carbons (Fsp3) is 0.889. The van der Waals surface area contributed by atoms with Gasteiger partial charge < -0.3 is 23.9 Å². The van der Waals surface area contributed by atoms with Crippen LogP contribution < -0.4 is 5.11 Å². The molecule has 0 unspecified atom stereocenters. The molecule has 0 rings (SSSR count). The summed E-state index contributed by atoms with van der Waals surface area (Å²) in [6.45, 7) is 0.656. The summed E-state index contributed by atoms with van der Waals surface area (Å²) < 4.78 is 9.70. The quantitative estimate of drug-likeness (QED) is 0.361. The van der Waals surface area contributed by atoms with Gasteiger partial charge in [-0.3, -0.25) is 0 Å². The Labute approximate surface area is 85.8 Å². The van der Waals surface area contributed by atoms with Crippen LogP contribution in [0.3, 0.4) is 0 Å². The molecule has 5 nitrogen and oxygen atoms in total. The molecule has 0 fully saturated rings. The van der Waals surface area contributed by atoms with Crippen LogP contribution in [0.4, 0.5) is 4.79 Å². The number of nitrogens with zero attached hydrogens (tertiary/aromatic N) is 1. The highest BCUT2D eigenvalue weighted by atomic mass is 16.7. The van der Waals surface area contributed by atoms with E-state index in [2.05, 4.69) is 37.7 Å². The highest BCUT2D eigenvalue weighted by Gasteiger charge is 1.88. The number of ether oxygens (including phenoxy) is 2. The molecule has 0 spiro atoms. The standard InChI is InChI=1S/C5H10O4.C4H12N/c1-8-3-2-4-9-5(6)7;1-5(2,3)4/h2-4H2,1H3,(H,6,7);1-4H3/q;+1/p-1. The van der Waals surface area contributed by atoms with Gasteiger partial charge in [0.05, 0.1) is 28.2 Å². The van der Waals surface area contributed by atoms with Crippen LogP contribution in [0.15, 0.2) is 0 Å². The Kier molecular flexibility index (Phi) is 9.81. The van der Waals surface area contributed by atoms with Gasteiger partial charge in [-0.1, -0.05) is 0 Å². The Bertz CT molecular complexity index is 136. The first kappa shape index (κ1) is 15.7. The number of quaternary nitrogens is 1. The maximum absolute atomic E-state index is 9.59. The van der Waals surface area contributed by atoms with Gasteiger partial charge in [-0.25, -0.2) is 0 Å². The van der Waals surface area contributed by atoms with E-state index in [1.165, 1.54) is 0 Å². The number of hydrogen-bond donors (Lipinski definition) is 0. The van der Waals surface area contributed by atoms with E-state index in [0.29, 0.717) is 13.0 Å². The Morgan fingerprint density at radius 2 is 1.64 bits per heavy atom. The van der Waals surface area contributed by atoms with Crippen LogP contribution in [0.25, 0.3) is 0 Å². The lowest BCUT2D eigenvalue weighted by molar-refractivity contribution is -0.849. The third kappa shape index (κ3) is 43.1. The maximum Gasteiger partial charge on any atom is 0.251 e. The number of hydrogen-bond acceptors (Lipinski definition) is 4. The second-order valence-corrected chi connectivity index (χ2v) is 4.13. The molecule has 0 aliphatic heterocycles. The molecule has 0 aromatic carbocycles. The smallest absolute Gasteiger partial charge is 0.251 e. The summed E-state index contributed by atoms with van der Waals surface area (Å²) in [7, 11) is 10.0. The topological polar surface area (TPSA) is 58.6 Å². The molecule has 0 heterocycles. The molecule has 0 aliphatic rings. The summed E-state index contributed by atoms with van der Waals surface area (Å²) in [5.74, 6) is 0. The summed E-state index contributed by atoms with van der Waals surface area (Å²) in [5.41, 5.74) is 0. The molecule has 86 valence electrons. The van der Waals surface area contributed by atoms with Crippen LogP contribution >= 0.6 is 0 Å². The van der Waals surface area contributed by atoms with Gasteiger partial charge in [0, 0.05) is 20.3 Å². The summed E-state index contributed by atoms with van der Waals surface area (Å²) in [5, 5.41) is 9.59. The van der Waals surface area contributed by atoms with Crippen molar-refractivity contribution in [3.05, 3.63) is 0 Å². The molecular formula is C9H21NO4. The van der Waals surface area contributed by atoms with Crippen molar-refractivity contribution in [3.8, 4) is 0 Å². The molecule has 0 aliphatic carbocycles. The number of carbonyl (C=O) groups excluding carboxylic acids is 1. The molecule has 0 aromatic heterocycles. The van der Waals surface area contributed by atoms with Crippen molar-refractivity contribution in [3.63, 3.8) is 0 Å². The molecule has 0 atom stereocenters. The first-order chi connectivity index (χ1) is 6.27. The lowest BCUT2D eigenvalue weighted by Crippen LogP contribution is -2.27. The molecule has 0 N–H and O–H groups in total. The summed E-state index contributed by atoms with van der Waals surface area (Å²) in [6.07, 6.45) is -0.907. The van der Waals surface area contributed by atoms with E-state index in [-0.39, 0.29) is 6.61 Å². The van der Waals surface area contributed by atoms with E-state index in [1.807, 2.05) is 0 Å². The highest BCUT2D eigenvalue weighted by Crippen LogP contribution is 1.81. The minimum absolute atomic E-state index is 0.149. The summed E-state index contributed by atoms with van der Waals surface area (Å²) >= 11 is 0.